The Morgan fingerprint density at radius 2 is 2.21 bits per heavy atom. The van der Waals surface area contributed by atoms with Crippen molar-refractivity contribution >= 4 is 5.97 Å². The second-order valence-electron chi connectivity index (χ2n) is 8.13. The second kappa shape index (κ2) is 9.47. The van der Waals surface area contributed by atoms with Crippen molar-refractivity contribution in [2.75, 3.05) is 0 Å². The number of benzene rings is 1. The van der Waals surface area contributed by atoms with E-state index < -0.39 is 18.2 Å². The predicted molar refractivity (Wildman–Crippen MR) is 111 cm³/mol. The van der Waals surface area contributed by atoms with Crippen LogP contribution < -0.4 is 4.74 Å². The molecule has 29 heavy (non-hydrogen) atoms. The summed E-state index contributed by atoms with van der Waals surface area (Å²) in [5.74, 6) is 5.87. The van der Waals surface area contributed by atoms with Crippen LogP contribution in [0, 0.1) is 23.7 Å². The average Bonchev–Trinajstić information content (AvgIpc) is 3.19. The maximum atomic E-state index is 10.8. The first-order chi connectivity index (χ1) is 13.9. The molecule has 156 valence electrons. The molecule has 0 bridgehead atoms. The van der Waals surface area contributed by atoms with Gasteiger partial charge in [-0.1, -0.05) is 37.3 Å². The summed E-state index contributed by atoms with van der Waals surface area (Å²) in [4.78, 5) is 10.8. The molecule has 2 unspecified atom stereocenters. The van der Waals surface area contributed by atoms with E-state index in [0.29, 0.717) is 25.7 Å². The number of fused-ring (bicyclic) bond motifs is 3. The Balaban J connectivity index is 1.75. The zero-order chi connectivity index (χ0) is 21.0. The molecule has 1 aliphatic heterocycles. The normalized spacial score (nSPS) is 26.9. The molecule has 1 fully saturated rings. The van der Waals surface area contributed by atoms with Gasteiger partial charge in [-0.15, -0.1) is 11.8 Å². The molecule has 1 saturated carbocycles. The van der Waals surface area contributed by atoms with Crippen molar-refractivity contribution in [3.8, 4) is 17.6 Å². The summed E-state index contributed by atoms with van der Waals surface area (Å²) in [5.41, 5.74) is 2.11. The van der Waals surface area contributed by atoms with Gasteiger partial charge in [0.05, 0.1) is 12.2 Å². The predicted octanol–water partition coefficient (Wildman–Crippen LogP) is 3.29. The fourth-order valence-electron chi connectivity index (χ4n) is 4.41. The van der Waals surface area contributed by atoms with E-state index in [0.717, 1.165) is 16.9 Å². The molecule has 0 amide bonds. The van der Waals surface area contributed by atoms with Crippen LogP contribution in [0.25, 0.3) is 0 Å². The summed E-state index contributed by atoms with van der Waals surface area (Å²) in [7, 11) is 0. The van der Waals surface area contributed by atoms with Crippen molar-refractivity contribution in [1.29, 1.82) is 0 Å². The van der Waals surface area contributed by atoms with Crippen molar-refractivity contribution in [3.05, 3.63) is 41.5 Å². The molecule has 3 rings (SSSR count). The van der Waals surface area contributed by atoms with E-state index in [1.165, 1.54) is 0 Å². The summed E-state index contributed by atoms with van der Waals surface area (Å²) in [6.45, 7) is 3.75. The number of aliphatic carboxylic acids is 1. The Morgan fingerprint density at radius 1 is 1.41 bits per heavy atom. The maximum absolute atomic E-state index is 10.8. The summed E-state index contributed by atoms with van der Waals surface area (Å²) in [5, 5.41) is 29.9. The lowest BCUT2D eigenvalue weighted by Crippen LogP contribution is -2.19. The van der Waals surface area contributed by atoms with Crippen molar-refractivity contribution in [2.24, 2.45) is 11.8 Å². The SMILES string of the molecule is CC#CCC(C)[C@H](O)C=C[C@@H]1C2c3cccc(CCCC(=O)O)c3O[C@H]2C[C@H]1O. The van der Waals surface area contributed by atoms with Gasteiger partial charge in [-0.25, -0.2) is 0 Å². The number of ether oxygens (including phenoxy) is 1. The Labute approximate surface area is 172 Å². The fraction of sp³-hybridized carbons (Fsp3) is 0.542. The third kappa shape index (κ3) is 4.83. The number of para-hydroxylation sites is 1. The molecule has 1 aromatic carbocycles. The van der Waals surface area contributed by atoms with Gasteiger partial charge in [0.2, 0.25) is 0 Å². The van der Waals surface area contributed by atoms with Crippen molar-refractivity contribution in [2.45, 2.75) is 70.2 Å². The summed E-state index contributed by atoms with van der Waals surface area (Å²) in [6, 6.07) is 6.01. The van der Waals surface area contributed by atoms with Crippen LogP contribution in [0.2, 0.25) is 0 Å². The molecule has 1 aliphatic carbocycles. The number of carbonyl (C=O) groups is 1. The van der Waals surface area contributed by atoms with E-state index in [2.05, 4.69) is 11.8 Å². The van der Waals surface area contributed by atoms with Gasteiger partial charge >= 0.3 is 5.97 Å². The van der Waals surface area contributed by atoms with Gasteiger partial charge in [0.25, 0.3) is 0 Å². The number of hydrogen-bond acceptors (Lipinski definition) is 4. The summed E-state index contributed by atoms with van der Waals surface area (Å²) >= 11 is 0. The number of carboxylic acids is 1. The molecule has 0 radical (unpaired) electrons. The third-order valence-electron chi connectivity index (χ3n) is 6.04. The zero-order valence-corrected chi connectivity index (χ0v) is 17.0. The standard InChI is InChI=1S/C24H30O5/c1-3-4-7-15(2)19(25)13-12-17-20(26)14-21-23(17)18-10-5-8-16(24(18)29-21)9-6-11-22(27)28/h5,8,10,12-13,15,17,19-21,23,25-26H,6-7,9,11,14H2,1-2H3,(H,27,28)/t15?,17-,19+,20+,21-,23?/m0/s1. The molecule has 0 aromatic heterocycles. The Morgan fingerprint density at radius 3 is 2.93 bits per heavy atom. The monoisotopic (exact) mass is 398 g/mol. The van der Waals surface area contributed by atoms with Crippen LogP contribution in [-0.2, 0) is 11.2 Å². The van der Waals surface area contributed by atoms with Gasteiger partial charge in [-0.2, -0.15) is 0 Å². The van der Waals surface area contributed by atoms with Crippen LogP contribution in [-0.4, -0.2) is 39.6 Å². The molecule has 5 heteroatoms. The van der Waals surface area contributed by atoms with Crippen LogP contribution in [0.4, 0.5) is 0 Å². The van der Waals surface area contributed by atoms with Crippen LogP contribution >= 0.6 is 0 Å². The van der Waals surface area contributed by atoms with E-state index in [1.54, 1.807) is 13.0 Å². The quantitative estimate of drug-likeness (QED) is 0.462. The fourth-order valence-corrected chi connectivity index (χ4v) is 4.41. The summed E-state index contributed by atoms with van der Waals surface area (Å²) in [6.07, 6.45) is 5.07. The lowest BCUT2D eigenvalue weighted by atomic mass is 9.86. The van der Waals surface area contributed by atoms with E-state index >= 15 is 0 Å². The molecule has 6 atom stereocenters. The lowest BCUT2D eigenvalue weighted by molar-refractivity contribution is -0.137. The minimum absolute atomic E-state index is 0.0287. The third-order valence-corrected chi connectivity index (χ3v) is 6.04. The molecule has 0 spiro atoms. The van der Waals surface area contributed by atoms with Gasteiger partial charge in [0.1, 0.15) is 11.9 Å². The number of rotatable bonds is 8. The largest absolute Gasteiger partial charge is 0.489 e. The van der Waals surface area contributed by atoms with Crippen LogP contribution in [0.5, 0.6) is 5.75 Å². The number of aliphatic hydroxyl groups is 2. The highest BCUT2D eigenvalue weighted by Gasteiger charge is 2.48. The van der Waals surface area contributed by atoms with Crippen molar-refractivity contribution in [1.82, 2.24) is 0 Å². The molecule has 1 heterocycles. The average molecular weight is 398 g/mol. The van der Waals surface area contributed by atoms with E-state index in [9.17, 15) is 15.0 Å². The number of carboxylic acid groups (broad SMARTS) is 1. The minimum atomic E-state index is -0.790. The molecule has 0 saturated heterocycles. The smallest absolute Gasteiger partial charge is 0.303 e. The summed E-state index contributed by atoms with van der Waals surface area (Å²) < 4.78 is 6.21. The molecule has 1 aromatic rings. The molecular weight excluding hydrogens is 368 g/mol. The van der Waals surface area contributed by atoms with Crippen LogP contribution in [0.1, 0.15) is 56.6 Å². The zero-order valence-electron chi connectivity index (χ0n) is 17.0. The highest BCUT2D eigenvalue weighted by Crippen LogP contribution is 2.52. The van der Waals surface area contributed by atoms with Crippen molar-refractivity contribution < 1.29 is 24.9 Å². The van der Waals surface area contributed by atoms with E-state index in [1.807, 2.05) is 31.2 Å². The Kier molecular flexibility index (Phi) is 7.00. The minimum Gasteiger partial charge on any atom is -0.489 e. The first kappa shape index (κ1) is 21.4. The van der Waals surface area contributed by atoms with E-state index in [-0.39, 0.29) is 30.3 Å². The van der Waals surface area contributed by atoms with Gasteiger partial charge in [0, 0.05) is 36.7 Å². The van der Waals surface area contributed by atoms with Gasteiger partial charge in [-0.05, 0) is 31.2 Å². The highest BCUT2D eigenvalue weighted by atomic mass is 16.5. The number of aliphatic hydroxyl groups excluding tert-OH is 2. The molecule has 3 N–H and O–H groups in total. The molecule has 2 aliphatic rings. The van der Waals surface area contributed by atoms with Gasteiger partial charge in [-0.3, -0.25) is 4.79 Å². The molecular formula is C24H30O5. The van der Waals surface area contributed by atoms with Crippen molar-refractivity contribution in [3.63, 3.8) is 0 Å². The van der Waals surface area contributed by atoms with Crippen LogP contribution in [0.3, 0.4) is 0 Å². The van der Waals surface area contributed by atoms with Gasteiger partial charge < -0.3 is 20.1 Å². The van der Waals surface area contributed by atoms with Crippen LogP contribution in [0.15, 0.2) is 30.4 Å². The Hall–Kier alpha value is -2.29. The first-order valence-electron chi connectivity index (χ1n) is 10.4. The highest BCUT2D eigenvalue weighted by molar-refractivity contribution is 5.66. The lowest BCUT2D eigenvalue weighted by Gasteiger charge is -2.19. The number of aryl methyl sites for hydroxylation is 1. The molecule has 5 nitrogen and oxygen atoms in total. The van der Waals surface area contributed by atoms with Gasteiger partial charge in [0.15, 0.2) is 0 Å². The van der Waals surface area contributed by atoms with E-state index in [4.69, 9.17) is 9.84 Å². The Bertz CT molecular complexity index is 818. The second-order valence-corrected chi connectivity index (χ2v) is 8.13. The maximum Gasteiger partial charge on any atom is 0.303 e. The topological polar surface area (TPSA) is 87.0 Å². The number of hydrogen-bond donors (Lipinski definition) is 3. The first-order valence-corrected chi connectivity index (χ1v) is 10.4.